The molecule has 2 aromatic rings. The molecular formula is C12H13ClN2S. The molecule has 1 aromatic heterocycles. The van der Waals surface area contributed by atoms with Gasteiger partial charge in [-0.2, -0.15) is 0 Å². The molecule has 1 aromatic carbocycles. The normalized spacial score (nSPS) is 12.6. The van der Waals surface area contributed by atoms with Crippen molar-refractivity contribution in [3.8, 4) is 0 Å². The Hall–Kier alpha value is -0.900. The molecule has 16 heavy (non-hydrogen) atoms. The van der Waals surface area contributed by atoms with E-state index >= 15 is 0 Å². The lowest BCUT2D eigenvalue weighted by molar-refractivity contribution is 0.627. The van der Waals surface area contributed by atoms with Gasteiger partial charge in [-0.3, -0.25) is 0 Å². The van der Waals surface area contributed by atoms with Crippen LogP contribution in [-0.4, -0.2) is 11.5 Å². The molecule has 2 nitrogen and oxygen atoms in total. The Balaban J connectivity index is 2.29. The summed E-state index contributed by atoms with van der Waals surface area (Å²) >= 11 is 7.55. The summed E-state index contributed by atoms with van der Waals surface area (Å²) < 4.78 is 0. The number of hydrogen-bond acceptors (Lipinski definition) is 3. The third-order valence-corrected chi connectivity index (χ3v) is 3.40. The molecule has 1 heterocycles. The van der Waals surface area contributed by atoms with E-state index in [-0.39, 0.29) is 6.04 Å². The van der Waals surface area contributed by atoms with Gasteiger partial charge in [0.25, 0.3) is 0 Å². The molecule has 0 saturated heterocycles. The largest absolute Gasteiger partial charge is 0.305 e. The fraction of sp³-hybridized carbons (Fsp3) is 0.250. The van der Waals surface area contributed by atoms with Crippen LogP contribution in [-0.2, 0) is 0 Å². The van der Waals surface area contributed by atoms with E-state index in [1.54, 1.807) is 11.3 Å². The second-order valence-corrected chi connectivity index (χ2v) is 4.78. The number of benzene rings is 1. The van der Waals surface area contributed by atoms with Gasteiger partial charge in [-0.1, -0.05) is 30.7 Å². The molecule has 0 fully saturated rings. The van der Waals surface area contributed by atoms with Crippen molar-refractivity contribution < 1.29 is 0 Å². The molecule has 0 saturated carbocycles. The maximum Gasteiger partial charge on any atom is 0.114 e. The van der Waals surface area contributed by atoms with Crippen LogP contribution in [0, 0.1) is 0 Å². The lowest BCUT2D eigenvalue weighted by Gasteiger charge is -2.15. The molecule has 4 heteroatoms. The second kappa shape index (κ2) is 5.43. The van der Waals surface area contributed by atoms with Gasteiger partial charge in [0.1, 0.15) is 5.01 Å². The van der Waals surface area contributed by atoms with Crippen LogP contribution in [0.5, 0.6) is 0 Å². The van der Waals surface area contributed by atoms with Crippen molar-refractivity contribution in [1.82, 2.24) is 10.3 Å². The van der Waals surface area contributed by atoms with Crippen molar-refractivity contribution in [3.63, 3.8) is 0 Å². The van der Waals surface area contributed by atoms with E-state index in [0.717, 1.165) is 16.6 Å². The van der Waals surface area contributed by atoms with E-state index in [1.165, 1.54) is 5.56 Å². The van der Waals surface area contributed by atoms with Gasteiger partial charge < -0.3 is 5.32 Å². The van der Waals surface area contributed by atoms with E-state index in [9.17, 15) is 0 Å². The number of rotatable bonds is 4. The number of hydrogen-bond donors (Lipinski definition) is 1. The summed E-state index contributed by atoms with van der Waals surface area (Å²) in [6, 6.07) is 8.07. The van der Waals surface area contributed by atoms with Gasteiger partial charge in [-0.05, 0) is 24.2 Å². The summed E-state index contributed by atoms with van der Waals surface area (Å²) in [4.78, 5) is 4.36. The van der Waals surface area contributed by atoms with Gasteiger partial charge in [0.15, 0.2) is 0 Å². The second-order valence-electron chi connectivity index (χ2n) is 3.41. The highest BCUT2D eigenvalue weighted by molar-refractivity contribution is 7.09. The first kappa shape index (κ1) is 11.6. The third kappa shape index (κ3) is 2.61. The first-order valence-electron chi connectivity index (χ1n) is 5.19. The van der Waals surface area contributed by atoms with Crippen molar-refractivity contribution in [2.24, 2.45) is 0 Å². The van der Waals surface area contributed by atoms with Crippen LogP contribution in [0.25, 0.3) is 0 Å². The molecule has 84 valence electrons. The van der Waals surface area contributed by atoms with Crippen LogP contribution in [0.2, 0.25) is 5.02 Å². The highest BCUT2D eigenvalue weighted by atomic mass is 35.5. The Labute approximate surface area is 104 Å². The maximum absolute atomic E-state index is 5.88. The quantitative estimate of drug-likeness (QED) is 0.901. The molecule has 1 unspecified atom stereocenters. The van der Waals surface area contributed by atoms with Crippen molar-refractivity contribution in [2.75, 3.05) is 6.54 Å². The van der Waals surface area contributed by atoms with E-state index in [1.807, 2.05) is 35.8 Å². The first-order valence-corrected chi connectivity index (χ1v) is 6.45. The fourth-order valence-electron chi connectivity index (χ4n) is 1.58. The molecule has 1 atom stereocenters. The monoisotopic (exact) mass is 252 g/mol. The van der Waals surface area contributed by atoms with Crippen LogP contribution < -0.4 is 5.32 Å². The molecule has 0 amide bonds. The summed E-state index contributed by atoms with van der Waals surface area (Å²) in [5.74, 6) is 0. The van der Waals surface area contributed by atoms with E-state index in [0.29, 0.717) is 0 Å². The molecule has 0 spiro atoms. The highest BCUT2D eigenvalue weighted by Crippen LogP contribution is 2.24. The zero-order valence-electron chi connectivity index (χ0n) is 8.98. The Bertz CT molecular complexity index is 425. The minimum atomic E-state index is 0.169. The predicted molar refractivity (Wildman–Crippen MR) is 69.1 cm³/mol. The maximum atomic E-state index is 5.88. The summed E-state index contributed by atoms with van der Waals surface area (Å²) in [6.45, 7) is 3.00. The van der Waals surface area contributed by atoms with Crippen molar-refractivity contribution >= 4 is 22.9 Å². The molecular weight excluding hydrogens is 240 g/mol. The predicted octanol–water partition coefficient (Wildman–Crippen LogP) is 3.50. The average molecular weight is 253 g/mol. The summed E-state index contributed by atoms with van der Waals surface area (Å²) in [5.41, 5.74) is 1.20. The number of halogens is 1. The molecule has 0 bridgehead atoms. The number of nitrogens with zero attached hydrogens (tertiary/aromatic N) is 1. The van der Waals surface area contributed by atoms with E-state index in [2.05, 4.69) is 17.2 Å². The topological polar surface area (TPSA) is 24.9 Å². The summed E-state index contributed by atoms with van der Waals surface area (Å²) in [6.07, 6.45) is 1.83. The Morgan fingerprint density at radius 3 is 2.69 bits per heavy atom. The molecule has 0 aliphatic heterocycles. The fourth-order valence-corrected chi connectivity index (χ4v) is 2.45. The molecule has 0 radical (unpaired) electrons. The van der Waals surface area contributed by atoms with Gasteiger partial charge in [0, 0.05) is 16.6 Å². The summed E-state index contributed by atoms with van der Waals surface area (Å²) in [5, 5.41) is 7.27. The van der Waals surface area contributed by atoms with Crippen molar-refractivity contribution in [3.05, 3.63) is 51.4 Å². The number of nitrogens with one attached hydrogen (secondary N) is 1. The van der Waals surface area contributed by atoms with Crippen LogP contribution in [0.15, 0.2) is 35.8 Å². The molecule has 0 aliphatic rings. The van der Waals surface area contributed by atoms with Crippen LogP contribution in [0.4, 0.5) is 0 Å². The number of thiazole rings is 1. The van der Waals surface area contributed by atoms with Crippen LogP contribution in [0.1, 0.15) is 23.5 Å². The molecule has 2 rings (SSSR count). The molecule has 0 aliphatic carbocycles. The zero-order chi connectivity index (χ0) is 11.4. The smallest absolute Gasteiger partial charge is 0.114 e. The third-order valence-electron chi connectivity index (χ3n) is 2.31. The van der Waals surface area contributed by atoms with Crippen LogP contribution in [0.3, 0.4) is 0 Å². The Morgan fingerprint density at radius 2 is 2.12 bits per heavy atom. The van der Waals surface area contributed by atoms with Gasteiger partial charge >= 0.3 is 0 Å². The van der Waals surface area contributed by atoms with Gasteiger partial charge in [-0.25, -0.2) is 4.98 Å². The van der Waals surface area contributed by atoms with Gasteiger partial charge in [0.2, 0.25) is 0 Å². The standard InChI is InChI=1S/C12H13ClN2S/c1-2-14-11(12-15-7-8-16-12)9-3-5-10(13)6-4-9/h3-8,11,14H,2H2,1H3. The molecule has 1 N–H and O–H groups in total. The zero-order valence-corrected chi connectivity index (χ0v) is 10.6. The Morgan fingerprint density at radius 1 is 1.38 bits per heavy atom. The van der Waals surface area contributed by atoms with Crippen molar-refractivity contribution in [2.45, 2.75) is 13.0 Å². The Kier molecular flexibility index (Phi) is 3.93. The van der Waals surface area contributed by atoms with E-state index in [4.69, 9.17) is 11.6 Å². The van der Waals surface area contributed by atoms with Crippen LogP contribution >= 0.6 is 22.9 Å². The van der Waals surface area contributed by atoms with Gasteiger partial charge in [-0.15, -0.1) is 11.3 Å². The van der Waals surface area contributed by atoms with E-state index < -0.39 is 0 Å². The number of aromatic nitrogens is 1. The summed E-state index contributed by atoms with van der Waals surface area (Å²) in [7, 11) is 0. The minimum absolute atomic E-state index is 0.169. The lowest BCUT2D eigenvalue weighted by Crippen LogP contribution is -2.21. The minimum Gasteiger partial charge on any atom is -0.305 e. The average Bonchev–Trinajstić information content (AvgIpc) is 2.81. The first-order chi connectivity index (χ1) is 7.81. The van der Waals surface area contributed by atoms with Gasteiger partial charge in [0.05, 0.1) is 6.04 Å². The lowest BCUT2D eigenvalue weighted by atomic mass is 10.1. The van der Waals surface area contributed by atoms with Crippen molar-refractivity contribution in [1.29, 1.82) is 0 Å². The highest BCUT2D eigenvalue weighted by Gasteiger charge is 2.14. The SMILES string of the molecule is CCNC(c1ccc(Cl)cc1)c1nccs1.